The van der Waals surface area contributed by atoms with Crippen molar-refractivity contribution >= 4 is 53.3 Å². The number of para-hydroxylation sites is 1. The molecule has 13 aromatic rings. The molecule has 0 unspecified atom stereocenters. The van der Waals surface area contributed by atoms with E-state index in [1.165, 1.54) is 4.57 Å². The van der Waals surface area contributed by atoms with E-state index in [4.69, 9.17) is 24.5 Å². The van der Waals surface area contributed by atoms with Gasteiger partial charge in [-0.25, -0.2) is 15.0 Å². The monoisotopic (exact) mass is 896 g/mol. The summed E-state index contributed by atoms with van der Waals surface area (Å²) in [4.78, 5) is 15.8. The van der Waals surface area contributed by atoms with Gasteiger partial charge >= 0.3 is 0 Å². The van der Waals surface area contributed by atoms with Crippen LogP contribution in [-0.4, -0.2) is 19.5 Å². The summed E-state index contributed by atoms with van der Waals surface area (Å²) in [5, 5.41) is 1.83. The van der Waals surface area contributed by atoms with E-state index in [1.807, 2.05) is 115 Å². The Labute approximate surface area is 414 Å². The average Bonchev–Trinajstić information content (AvgIpc) is 4.23. The van der Waals surface area contributed by atoms with E-state index in [9.17, 15) is 6.85 Å². The summed E-state index contributed by atoms with van der Waals surface area (Å²) in [6.07, 6.45) is 0. The molecule has 5 heteroatoms. The number of rotatable bonds is 8. The van der Waals surface area contributed by atoms with Crippen molar-refractivity contribution in [2.75, 3.05) is 0 Å². The van der Waals surface area contributed by atoms with Crippen LogP contribution in [0.1, 0.15) is 16.4 Å². The summed E-state index contributed by atoms with van der Waals surface area (Å²) >= 11 is 1.65. The van der Waals surface area contributed by atoms with Crippen LogP contribution >= 0.6 is 11.3 Å². The first-order valence-corrected chi connectivity index (χ1v) is 22.8. The molecule has 318 valence electrons. The van der Waals surface area contributed by atoms with Crippen LogP contribution < -0.4 is 0 Å². The maximum absolute atomic E-state index is 9.97. The number of aromatic nitrogens is 4. The molecule has 0 bridgehead atoms. The Kier molecular flexibility index (Phi) is 7.07. The Bertz CT molecular complexity index is 4650. The number of fused-ring (bicyclic) bond motifs is 6. The lowest BCUT2D eigenvalue weighted by atomic mass is 9.90. The Hall–Kier alpha value is -8.77. The predicted molar refractivity (Wildman–Crippen MR) is 285 cm³/mol. The molecule has 0 saturated heterocycles. The SMILES string of the molecule is [2H]c1c([2H])c([2H])c(-c2c([2H])c([2H])c3c(c2[2H])c2c([2H])c([2H])c([2H])c([2H])c2n3-c2cccc(-c3cc(-c4ccccc4)cc(-c4ccccc4)c3)c2-c2nc(-c3ccccc3)nc(-c3ccc4c(c3)sc3ccccc34)n2)c([2H])c1[2H]. The highest BCUT2D eigenvalue weighted by Gasteiger charge is 2.24. The van der Waals surface area contributed by atoms with E-state index < -0.39 is 83.6 Å². The van der Waals surface area contributed by atoms with E-state index in [1.54, 1.807) is 23.5 Å². The zero-order chi connectivity index (χ0) is 55.4. The van der Waals surface area contributed by atoms with Gasteiger partial charge in [0.15, 0.2) is 17.5 Å². The van der Waals surface area contributed by atoms with Crippen molar-refractivity contribution in [2.45, 2.75) is 0 Å². The maximum Gasteiger partial charge on any atom is 0.166 e. The normalized spacial score (nSPS) is 14.0. The summed E-state index contributed by atoms with van der Waals surface area (Å²) in [7, 11) is 0. The third-order valence-corrected chi connectivity index (χ3v) is 13.3. The van der Waals surface area contributed by atoms with Gasteiger partial charge in [0.05, 0.1) is 38.7 Å². The second-order valence-corrected chi connectivity index (χ2v) is 17.3. The molecule has 0 amide bonds. The van der Waals surface area contributed by atoms with Gasteiger partial charge in [-0.05, 0) is 99.0 Å². The minimum atomic E-state index is -0.709. The highest BCUT2D eigenvalue weighted by molar-refractivity contribution is 7.25. The molecule has 0 aliphatic carbocycles. The van der Waals surface area contributed by atoms with Crippen molar-refractivity contribution in [3.8, 4) is 84.4 Å². The van der Waals surface area contributed by atoms with Gasteiger partial charge in [0.2, 0.25) is 0 Å². The molecule has 0 saturated carbocycles. The molecule has 0 spiro atoms. The molecule has 0 fully saturated rings. The van der Waals surface area contributed by atoms with Crippen molar-refractivity contribution in [2.24, 2.45) is 0 Å². The Morgan fingerprint density at radius 3 is 1.71 bits per heavy atom. The van der Waals surface area contributed by atoms with Gasteiger partial charge < -0.3 is 4.57 Å². The Morgan fingerprint density at radius 1 is 0.353 bits per heavy atom. The van der Waals surface area contributed by atoms with Crippen LogP contribution in [-0.2, 0) is 0 Å². The number of thiophene rings is 1. The lowest BCUT2D eigenvalue weighted by Gasteiger charge is -2.19. The molecule has 4 nitrogen and oxygen atoms in total. The highest BCUT2D eigenvalue weighted by Crippen LogP contribution is 2.44. The molecule has 10 aromatic carbocycles. The molecule has 3 aromatic heterocycles. The molecule has 0 radical (unpaired) electrons. The molecule has 0 aliphatic heterocycles. The summed E-state index contributed by atoms with van der Waals surface area (Å²) in [6.45, 7) is 0. The lowest BCUT2D eigenvalue weighted by Crippen LogP contribution is -2.05. The zero-order valence-electron chi connectivity index (χ0n) is 47.9. The molecule has 3 heterocycles. The van der Waals surface area contributed by atoms with E-state index in [0.717, 1.165) is 42.4 Å². The van der Waals surface area contributed by atoms with E-state index in [2.05, 4.69) is 42.5 Å². The van der Waals surface area contributed by atoms with Crippen LogP contribution in [0.15, 0.2) is 242 Å². The summed E-state index contributed by atoms with van der Waals surface area (Å²) in [5.74, 6) is 0.797. The molecule has 0 atom stereocenters. The molecular weight excluding hydrogens is 845 g/mol. The van der Waals surface area contributed by atoms with Crippen LogP contribution in [0, 0.1) is 0 Å². The summed E-state index contributed by atoms with van der Waals surface area (Å²) in [5.41, 5.74) is 5.61. The van der Waals surface area contributed by atoms with Crippen LogP contribution in [0.2, 0.25) is 0 Å². The molecule has 68 heavy (non-hydrogen) atoms. The van der Waals surface area contributed by atoms with Crippen molar-refractivity contribution in [3.05, 3.63) is 242 Å². The Morgan fingerprint density at radius 2 is 0.956 bits per heavy atom. The third kappa shape index (κ3) is 6.96. The number of hydrogen-bond acceptors (Lipinski definition) is 4. The number of hydrogen-bond donors (Lipinski definition) is 0. The smallest absolute Gasteiger partial charge is 0.166 e. The van der Waals surface area contributed by atoms with Crippen LogP contribution in [0.25, 0.3) is 126 Å². The van der Waals surface area contributed by atoms with E-state index in [-0.39, 0.29) is 33.3 Å². The topological polar surface area (TPSA) is 43.6 Å². The average molecular weight is 897 g/mol. The maximum atomic E-state index is 9.97. The van der Waals surface area contributed by atoms with Gasteiger partial charge in [-0.2, -0.15) is 0 Å². The van der Waals surface area contributed by atoms with Crippen molar-refractivity contribution in [1.29, 1.82) is 0 Å². The van der Waals surface area contributed by atoms with Crippen molar-refractivity contribution < 1.29 is 16.4 Å². The minimum Gasteiger partial charge on any atom is -0.308 e. The van der Waals surface area contributed by atoms with Gasteiger partial charge in [0.25, 0.3) is 0 Å². The molecule has 0 N–H and O–H groups in total. The zero-order valence-corrected chi connectivity index (χ0v) is 36.7. The fourth-order valence-corrected chi connectivity index (χ4v) is 10.2. The second kappa shape index (κ2) is 16.6. The van der Waals surface area contributed by atoms with Gasteiger partial charge in [0, 0.05) is 42.1 Å². The summed E-state index contributed by atoms with van der Waals surface area (Å²) < 4.78 is 114. The fourth-order valence-electron chi connectivity index (χ4n) is 9.03. The van der Waals surface area contributed by atoms with Crippen molar-refractivity contribution in [1.82, 2.24) is 19.5 Å². The van der Waals surface area contributed by atoms with Crippen LogP contribution in [0.4, 0.5) is 0 Å². The Balaban J connectivity index is 1.20. The third-order valence-electron chi connectivity index (χ3n) is 12.2. The van der Waals surface area contributed by atoms with Crippen LogP contribution in [0.5, 0.6) is 0 Å². The second-order valence-electron chi connectivity index (χ2n) is 16.2. The van der Waals surface area contributed by atoms with Gasteiger partial charge in [-0.1, -0.05) is 188 Å². The number of nitrogens with zero attached hydrogens (tertiary/aromatic N) is 4. The highest BCUT2D eigenvalue weighted by atomic mass is 32.1. The standard InChI is InChI=1S/C63H40N4S/c1-5-18-41(19-6-1)45-33-35-56-54(39-45)51-26-13-15-29-55(51)67(56)57-30-17-28-50(49-37-47(42-20-7-2-8-21-42)36-48(38-49)43-22-9-3-10-23-43)60(57)63-65-61(44-24-11-4-12-25-44)64-62(66-63)46-32-34-53-52-27-14-16-31-58(52)68-59(53)40-46/h1-40H/i1D,5D,6D,13D,15D,18D,19D,26D,29D,33D,35D,39D. The van der Waals surface area contributed by atoms with Crippen molar-refractivity contribution in [3.63, 3.8) is 0 Å². The van der Waals surface area contributed by atoms with Gasteiger partial charge in [-0.3, -0.25) is 0 Å². The first kappa shape index (κ1) is 29.0. The van der Waals surface area contributed by atoms with E-state index >= 15 is 0 Å². The molecule has 0 aliphatic rings. The minimum absolute atomic E-state index is 0.139. The van der Waals surface area contributed by atoms with E-state index in [0.29, 0.717) is 39.5 Å². The first-order chi connectivity index (χ1) is 38.7. The van der Waals surface area contributed by atoms with Crippen LogP contribution in [0.3, 0.4) is 0 Å². The first-order valence-electron chi connectivity index (χ1n) is 27.9. The lowest BCUT2D eigenvalue weighted by molar-refractivity contribution is 1.07. The predicted octanol–water partition coefficient (Wildman–Crippen LogP) is 17.0. The fraction of sp³-hybridized carbons (Fsp3) is 0. The molecular formula is C63H40N4S. The van der Waals surface area contributed by atoms with Gasteiger partial charge in [0.1, 0.15) is 0 Å². The summed E-state index contributed by atoms with van der Waals surface area (Å²) in [6, 6.07) is 47.7. The quantitative estimate of drug-likeness (QED) is 0.153. The largest absolute Gasteiger partial charge is 0.308 e. The molecule has 13 rings (SSSR count). The van der Waals surface area contributed by atoms with Gasteiger partial charge in [-0.15, -0.1) is 11.3 Å². The number of benzene rings is 10.